The zero-order valence-corrected chi connectivity index (χ0v) is 15.3. The average Bonchev–Trinajstić information content (AvgIpc) is 3.01. The Morgan fingerprint density at radius 3 is 2.65 bits per heavy atom. The molecule has 0 bridgehead atoms. The summed E-state index contributed by atoms with van der Waals surface area (Å²) in [5.41, 5.74) is 3.05. The van der Waals surface area contributed by atoms with Crippen LogP contribution in [0.5, 0.6) is 11.6 Å². The van der Waals surface area contributed by atoms with Crippen molar-refractivity contribution in [1.29, 1.82) is 0 Å². The van der Waals surface area contributed by atoms with Crippen LogP contribution >= 0.6 is 0 Å². The van der Waals surface area contributed by atoms with E-state index >= 15 is 0 Å². The molecule has 4 heterocycles. The number of aryl methyl sites for hydroxylation is 2. The minimum absolute atomic E-state index is 0.198. The van der Waals surface area contributed by atoms with Crippen molar-refractivity contribution in [3.8, 4) is 11.6 Å². The molecule has 1 saturated heterocycles. The first-order chi connectivity index (χ1) is 12.6. The van der Waals surface area contributed by atoms with Crippen LogP contribution < -0.4 is 14.4 Å². The highest BCUT2D eigenvalue weighted by Crippen LogP contribution is 2.26. The highest BCUT2D eigenvalue weighted by atomic mass is 16.5. The number of hydrogen-bond acceptors (Lipinski definition) is 6. The molecule has 26 heavy (non-hydrogen) atoms. The van der Waals surface area contributed by atoms with Crippen LogP contribution in [-0.2, 0) is 7.05 Å². The fourth-order valence-corrected chi connectivity index (χ4v) is 3.41. The number of aromatic nitrogens is 4. The lowest BCUT2D eigenvalue weighted by atomic mass is 10.1. The van der Waals surface area contributed by atoms with Crippen LogP contribution in [0.25, 0.3) is 11.0 Å². The second-order valence-corrected chi connectivity index (χ2v) is 6.68. The SMILES string of the molecule is COc1ccc(OC2CCN(c3nc4cn(C)nc4cc3C)CC2)cn1. The normalized spacial score (nSPS) is 15.4. The lowest BCUT2D eigenvalue weighted by molar-refractivity contribution is 0.170. The van der Waals surface area contributed by atoms with E-state index in [9.17, 15) is 0 Å². The fraction of sp³-hybridized carbons (Fsp3) is 0.421. The van der Waals surface area contributed by atoms with Gasteiger partial charge in [-0.1, -0.05) is 0 Å². The molecule has 7 heteroatoms. The van der Waals surface area contributed by atoms with E-state index in [1.807, 2.05) is 30.1 Å². The minimum Gasteiger partial charge on any atom is -0.489 e. The van der Waals surface area contributed by atoms with Gasteiger partial charge in [-0.05, 0) is 24.6 Å². The van der Waals surface area contributed by atoms with E-state index in [0.717, 1.165) is 54.1 Å². The Balaban J connectivity index is 1.42. The van der Waals surface area contributed by atoms with Crippen LogP contribution in [0.3, 0.4) is 0 Å². The maximum atomic E-state index is 6.06. The lowest BCUT2D eigenvalue weighted by Gasteiger charge is -2.33. The smallest absolute Gasteiger partial charge is 0.213 e. The Bertz CT molecular complexity index is 898. The molecule has 0 atom stereocenters. The molecule has 136 valence electrons. The lowest BCUT2D eigenvalue weighted by Crippen LogP contribution is -2.39. The van der Waals surface area contributed by atoms with Crippen molar-refractivity contribution in [1.82, 2.24) is 19.7 Å². The highest BCUT2D eigenvalue weighted by molar-refractivity contribution is 5.77. The highest BCUT2D eigenvalue weighted by Gasteiger charge is 2.23. The van der Waals surface area contributed by atoms with Crippen LogP contribution in [0.2, 0.25) is 0 Å². The number of piperidine rings is 1. The predicted octanol–water partition coefficient (Wildman–Crippen LogP) is 2.73. The Labute approximate surface area is 152 Å². The van der Waals surface area contributed by atoms with Gasteiger partial charge in [0.05, 0.1) is 19.5 Å². The third-order valence-electron chi connectivity index (χ3n) is 4.73. The molecule has 3 aromatic heterocycles. The minimum atomic E-state index is 0.198. The summed E-state index contributed by atoms with van der Waals surface area (Å²) in [6.07, 6.45) is 5.79. The van der Waals surface area contributed by atoms with Crippen LogP contribution in [-0.4, -0.2) is 46.1 Å². The van der Waals surface area contributed by atoms with E-state index in [1.54, 1.807) is 13.3 Å². The third-order valence-corrected chi connectivity index (χ3v) is 4.73. The summed E-state index contributed by atoms with van der Waals surface area (Å²) >= 11 is 0. The number of hydrogen-bond donors (Lipinski definition) is 0. The molecule has 1 aliphatic heterocycles. The van der Waals surface area contributed by atoms with Crippen LogP contribution in [0.4, 0.5) is 5.82 Å². The molecule has 0 aliphatic carbocycles. The summed E-state index contributed by atoms with van der Waals surface area (Å²) in [5, 5.41) is 4.43. The van der Waals surface area contributed by atoms with Crippen LogP contribution in [0, 0.1) is 6.92 Å². The van der Waals surface area contributed by atoms with Crippen molar-refractivity contribution in [2.75, 3.05) is 25.1 Å². The fourth-order valence-electron chi connectivity index (χ4n) is 3.41. The number of ether oxygens (including phenoxy) is 2. The van der Waals surface area contributed by atoms with Crippen LogP contribution in [0.15, 0.2) is 30.6 Å². The van der Waals surface area contributed by atoms with Crippen LogP contribution in [0.1, 0.15) is 18.4 Å². The largest absolute Gasteiger partial charge is 0.489 e. The number of nitrogens with zero attached hydrogens (tertiary/aromatic N) is 5. The zero-order chi connectivity index (χ0) is 18.1. The van der Waals surface area contributed by atoms with Gasteiger partial charge in [-0.25, -0.2) is 9.97 Å². The van der Waals surface area contributed by atoms with E-state index < -0.39 is 0 Å². The molecule has 0 aromatic carbocycles. The monoisotopic (exact) mass is 353 g/mol. The van der Waals surface area contributed by atoms with Gasteiger partial charge >= 0.3 is 0 Å². The van der Waals surface area contributed by atoms with Crippen molar-refractivity contribution < 1.29 is 9.47 Å². The predicted molar refractivity (Wildman–Crippen MR) is 99.9 cm³/mol. The zero-order valence-electron chi connectivity index (χ0n) is 15.3. The van der Waals surface area contributed by atoms with Crippen molar-refractivity contribution >= 4 is 16.9 Å². The number of pyridine rings is 2. The van der Waals surface area contributed by atoms with Gasteiger partial charge in [0, 0.05) is 39.0 Å². The second-order valence-electron chi connectivity index (χ2n) is 6.68. The summed E-state index contributed by atoms with van der Waals surface area (Å²) in [6, 6.07) is 5.84. The van der Waals surface area contributed by atoms with E-state index in [0.29, 0.717) is 5.88 Å². The molecule has 0 N–H and O–H groups in total. The Hall–Kier alpha value is -2.83. The molecule has 0 unspecified atom stereocenters. The molecule has 0 saturated carbocycles. The molecular weight excluding hydrogens is 330 g/mol. The molecule has 0 radical (unpaired) electrons. The number of rotatable bonds is 4. The van der Waals surface area contributed by atoms with Gasteiger partial charge in [0.1, 0.15) is 28.7 Å². The van der Waals surface area contributed by atoms with Crippen molar-refractivity contribution in [2.24, 2.45) is 7.05 Å². The standard InChI is InChI=1S/C19H23N5O2/c1-13-10-16-17(12-23(2)22-16)21-19(13)24-8-6-14(7-9-24)26-15-4-5-18(25-3)20-11-15/h4-5,10-12,14H,6-9H2,1-3H3. The van der Waals surface area contributed by atoms with Gasteiger partial charge in [0.15, 0.2) is 0 Å². The van der Waals surface area contributed by atoms with Gasteiger partial charge in [0.2, 0.25) is 5.88 Å². The maximum Gasteiger partial charge on any atom is 0.213 e. The maximum absolute atomic E-state index is 6.06. The topological polar surface area (TPSA) is 65.3 Å². The van der Waals surface area contributed by atoms with Crippen molar-refractivity contribution in [3.05, 3.63) is 36.2 Å². The van der Waals surface area contributed by atoms with Gasteiger partial charge in [-0.3, -0.25) is 4.68 Å². The quantitative estimate of drug-likeness (QED) is 0.719. The Morgan fingerprint density at radius 2 is 1.96 bits per heavy atom. The number of fused-ring (bicyclic) bond motifs is 1. The van der Waals surface area contributed by atoms with Gasteiger partial charge in [-0.15, -0.1) is 0 Å². The van der Waals surface area contributed by atoms with Crippen molar-refractivity contribution in [2.45, 2.75) is 25.9 Å². The molecule has 0 amide bonds. The molecular formula is C19H23N5O2. The molecule has 1 aliphatic rings. The summed E-state index contributed by atoms with van der Waals surface area (Å²) in [7, 11) is 3.53. The van der Waals surface area contributed by atoms with Gasteiger partial charge in [0.25, 0.3) is 0 Å². The molecule has 7 nitrogen and oxygen atoms in total. The van der Waals surface area contributed by atoms with E-state index in [-0.39, 0.29) is 6.10 Å². The van der Waals surface area contributed by atoms with Crippen molar-refractivity contribution in [3.63, 3.8) is 0 Å². The van der Waals surface area contributed by atoms with E-state index in [4.69, 9.17) is 14.5 Å². The Kier molecular flexibility index (Phi) is 4.36. The summed E-state index contributed by atoms with van der Waals surface area (Å²) in [4.78, 5) is 11.4. The first-order valence-electron chi connectivity index (χ1n) is 8.85. The molecule has 3 aromatic rings. The molecule has 4 rings (SSSR count). The molecule has 0 spiro atoms. The number of methoxy groups -OCH3 is 1. The van der Waals surface area contributed by atoms with E-state index in [1.165, 1.54) is 0 Å². The third kappa shape index (κ3) is 3.29. The second kappa shape index (κ2) is 6.82. The number of anilines is 1. The Morgan fingerprint density at radius 1 is 1.15 bits per heavy atom. The first kappa shape index (κ1) is 16.6. The van der Waals surface area contributed by atoms with E-state index in [2.05, 4.69) is 28.0 Å². The van der Waals surface area contributed by atoms with Gasteiger partial charge in [-0.2, -0.15) is 5.10 Å². The first-order valence-corrected chi connectivity index (χ1v) is 8.85. The molecule has 1 fully saturated rings. The van der Waals surface area contributed by atoms with Gasteiger partial charge < -0.3 is 14.4 Å². The summed E-state index contributed by atoms with van der Waals surface area (Å²) < 4.78 is 13.0. The summed E-state index contributed by atoms with van der Waals surface area (Å²) in [5.74, 6) is 2.44. The average molecular weight is 353 g/mol. The summed E-state index contributed by atoms with van der Waals surface area (Å²) in [6.45, 7) is 3.95.